The molecule has 106 valence electrons. The molecule has 19 heavy (non-hydrogen) atoms. The lowest BCUT2D eigenvalue weighted by atomic mass is 10.1. The molecule has 1 aromatic carbocycles. The monoisotopic (exact) mass is 305 g/mol. The highest BCUT2D eigenvalue weighted by molar-refractivity contribution is 7.89. The Morgan fingerprint density at radius 3 is 2.42 bits per heavy atom. The zero-order chi connectivity index (χ0) is 14.8. The molecule has 5 N–H and O–H groups in total. The summed E-state index contributed by atoms with van der Waals surface area (Å²) in [5, 5.41) is 0.0219. The zero-order valence-corrected chi connectivity index (χ0v) is 12.1. The molecule has 0 aliphatic rings. The number of sulfonamides is 1. The second kappa shape index (κ2) is 5.77. The van der Waals surface area contributed by atoms with Gasteiger partial charge in [0, 0.05) is 5.69 Å². The first kappa shape index (κ1) is 15.7. The molecule has 6 nitrogen and oxygen atoms in total. The molecular formula is C11H16ClN3O3S. The first-order chi connectivity index (χ1) is 8.65. The van der Waals surface area contributed by atoms with Crippen molar-refractivity contribution in [2.24, 2.45) is 11.7 Å². The molecule has 0 aliphatic carbocycles. The van der Waals surface area contributed by atoms with Crippen LogP contribution in [0.1, 0.15) is 13.8 Å². The quantitative estimate of drug-likeness (QED) is 0.695. The maximum Gasteiger partial charge on any atom is 0.242 e. The lowest BCUT2D eigenvalue weighted by Crippen LogP contribution is -2.47. The summed E-state index contributed by atoms with van der Waals surface area (Å²) >= 11 is 5.83. The van der Waals surface area contributed by atoms with Crippen molar-refractivity contribution < 1.29 is 13.2 Å². The van der Waals surface area contributed by atoms with Crippen LogP contribution in [0.5, 0.6) is 0 Å². The van der Waals surface area contributed by atoms with E-state index in [-0.39, 0.29) is 21.5 Å². The predicted octanol–water partition coefficient (Wildman–Crippen LogP) is 0.710. The third kappa shape index (κ3) is 3.82. The number of hydrogen-bond donors (Lipinski definition) is 3. The fourth-order valence-electron chi connectivity index (χ4n) is 1.48. The van der Waals surface area contributed by atoms with Crippen LogP contribution < -0.4 is 16.2 Å². The number of halogens is 1. The largest absolute Gasteiger partial charge is 0.399 e. The van der Waals surface area contributed by atoms with Crippen LogP contribution in [-0.2, 0) is 14.8 Å². The average molecular weight is 306 g/mol. The van der Waals surface area contributed by atoms with Gasteiger partial charge in [0.1, 0.15) is 10.9 Å². The molecule has 0 aromatic heterocycles. The lowest BCUT2D eigenvalue weighted by Gasteiger charge is -2.19. The number of hydrogen-bond acceptors (Lipinski definition) is 4. The average Bonchev–Trinajstić information content (AvgIpc) is 2.28. The number of nitrogen functional groups attached to an aromatic ring is 1. The Hall–Kier alpha value is -1.31. The van der Waals surface area contributed by atoms with Gasteiger partial charge in [-0.1, -0.05) is 25.4 Å². The van der Waals surface area contributed by atoms with Crippen molar-refractivity contribution in [3.05, 3.63) is 23.2 Å². The molecule has 0 aliphatic heterocycles. The van der Waals surface area contributed by atoms with Crippen molar-refractivity contribution >= 4 is 33.2 Å². The van der Waals surface area contributed by atoms with Crippen LogP contribution in [0.15, 0.2) is 23.1 Å². The van der Waals surface area contributed by atoms with Gasteiger partial charge in [-0.05, 0) is 24.1 Å². The number of carbonyl (C=O) groups excluding carboxylic acids is 1. The van der Waals surface area contributed by atoms with E-state index in [0.29, 0.717) is 0 Å². The Bertz CT molecular complexity index is 587. The number of anilines is 1. The SMILES string of the molecule is CC(C)C(NS(=O)(=O)c1cc(N)ccc1Cl)C(N)=O. The van der Waals surface area contributed by atoms with E-state index in [1.807, 2.05) is 0 Å². The molecule has 0 radical (unpaired) electrons. The summed E-state index contributed by atoms with van der Waals surface area (Å²) in [5.74, 6) is -1.04. The Balaban J connectivity index is 3.17. The molecule has 0 saturated carbocycles. The van der Waals surface area contributed by atoms with Crippen LogP contribution in [0, 0.1) is 5.92 Å². The molecule has 1 amide bonds. The lowest BCUT2D eigenvalue weighted by molar-refractivity contribution is -0.120. The molecule has 0 spiro atoms. The standard InChI is InChI=1S/C11H16ClN3O3S/c1-6(2)10(11(14)16)15-19(17,18)9-5-7(13)3-4-8(9)12/h3-6,10,15H,13H2,1-2H3,(H2,14,16). The van der Waals surface area contributed by atoms with E-state index < -0.39 is 22.0 Å². The molecule has 1 rings (SSSR count). The highest BCUT2D eigenvalue weighted by Gasteiger charge is 2.28. The topological polar surface area (TPSA) is 115 Å². The first-order valence-corrected chi connectivity index (χ1v) is 7.38. The Labute approximate surface area is 117 Å². The third-order valence-electron chi connectivity index (χ3n) is 2.50. The second-order valence-corrected chi connectivity index (χ2v) is 6.52. The second-order valence-electron chi connectivity index (χ2n) is 4.44. The van der Waals surface area contributed by atoms with Crippen molar-refractivity contribution in [3.63, 3.8) is 0 Å². The molecule has 1 unspecified atom stereocenters. The minimum absolute atomic E-state index is 0.0219. The van der Waals surface area contributed by atoms with Gasteiger partial charge in [0.15, 0.2) is 0 Å². The van der Waals surface area contributed by atoms with Crippen molar-refractivity contribution in [1.82, 2.24) is 4.72 Å². The maximum absolute atomic E-state index is 12.2. The smallest absolute Gasteiger partial charge is 0.242 e. The van der Waals surface area contributed by atoms with E-state index in [0.717, 1.165) is 0 Å². The first-order valence-electron chi connectivity index (χ1n) is 5.52. The Morgan fingerprint density at radius 2 is 1.95 bits per heavy atom. The van der Waals surface area contributed by atoms with Crippen molar-refractivity contribution in [2.75, 3.05) is 5.73 Å². The van der Waals surface area contributed by atoms with Gasteiger partial charge >= 0.3 is 0 Å². The third-order valence-corrected chi connectivity index (χ3v) is 4.42. The number of primary amides is 1. The van der Waals surface area contributed by atoms with Crippen LogP contribution in [0.25, 0.3) is 0 Å². The van der Waals surface area contributed by atoms with Crippen molar-refractivity contribution in [2.45, 2.75) is 24.8 Å². The summed E-state index contributed by atoms with van der Waals surface area (Å²) in [6.45, 7) is 3.36. The highest BCUT2D eigenvalue weighted by Crippen LogP contribution is 2.24. The molecule has 1 aromatic rings. The summed E-state index contributed by atoms with van der Waals surface area (Å²) in [4.78, 5) is 11.1. The number of carbonyl (C=O) groups is 1. The van der Waals surface area contributed by atoms with Crippen LogP contribution in [-0.4, -0.2) is 20.4 Å². The molecule has 0 fully saturated rings. The molecule has 0 saturated heterocycles. The maximum atomic E-state index is 12.2. The summed E-state index contributed by atoms with van der Waals surface area (Å²) < 4.78 is 26.6. The van der Waals surface area contributed by atoms with Crippen LogP contribution in [0.4, 0.5) is 5.69 Å². The van der Waals surface area contributed by atoms with E-state index in [4.69, 9.17) is 23.1 Å². The highest BCUT2D eigenvalue weighted by atomic mass is 35.5. The number of rotatable bonds is 5. The van der Waals surface area contributed by atoms with Gasteiger partial charge in [-0.3, -0.25) is 4.79 Å². The van der Waals surface area contributed by atoms with Gasteiger partial charge in [-0.25, -0.2) is 8.42 Å². The minimum Gasteiger partial charge on any atom is -0.399 e. The van der Waals surface area contributed by atoms with Gasteiger partial charge in [-0.2, -0.15) is 4.72 Å². The number of nitrogens with two attached hydrogens (primary N) is 2. The summed E-state index contributed by atoms with van der Waals surface area (Å²) in [7, 11) is -3.97. The van der Waals surface area contributed by atoms with Gasteiger partial charge in [-0.15, -0.1) is 0 Å². The summed E-state index contributed by atoms with van der Waals surface area (Å²) in [6, 6.07) is 3.07. The fraction of sp³-hybridized carbons (Fsp3) is 0.364. The van der Waals surface area contributed by atoms with Gasteiger partial charge in [0.05, 0.1) is 5.02 Å². The normalized spacial score (nSPS) is 13.5. The predicted molar refractivity (Wildman–Crippen MR) is 74.0 cm³/mol. The number of benzene rings is 1. The van der Waals surface area contributed by atoms with Crippen molar-refractivity contribution in [3.8, 4) is 0 Å². The molecule has 0 heterocycles. The number of nitrogens with one attached hydrogen (secondary N) is 1. The van der Waals surface area contributed by atoms with E-state index in [9.17, 15) is 13.2 Å². The van der Waals surface area contributed by atoms with Gasteiger partial charge in [0.2, 0.25) is 15.9 Å². The van der Waals surface area contributed by atoms with Crippen LogP contribution in [0.3, 0.4) is 0 Å². The van der Waals surface area contributed by atoms with E-state index in [2.05, 4.69) is 4.72 Å². The minimum atomic E-state index is -3.97. The van der Waals surface area contributed by atoms with Crippen molar-refractivity contribution in [1.29, 1.82) is 0 Å². The zero-order valence-electron chi connectivity index (χ0n) is 10.6. The Morgan fingerprint density at radius 1 is 1.37 bits per heavy atom. The van der Waals surface area contributed by atoms with Gasteiger partial charge in [0.25, 0.3) is 0 Å². The molecular weight excluding hydrogens is 290 g/mol. The summed E-state index contributed by atoms with van der Waals surface area (Å²) in [6.07, 6.45) is 0. The van der Waals surface area contributed by atoms with Crippen LogP contribution >= 0.6 is 11.6 Å². The molecule has 8 heteroatoms. The van der Waals surface area contributed by atoms with E-state index >= 15 is 0 Å². The Kier molecular flexibility index (Phi) is 4.78. The van der Waals surface area contributed by atoms with E-state index in [1.165, 1.54) is 18.2 Å². The fourth-order valence-corrected chi connectivity index (χ4v) is 3.37. The van der Waals surface area contributed by atoms with Gasteiger partial charge < -0.3 is 11.5 Å². The number of amides is 1. The summed E-state index contributed by atoms with van der Waals surface area (Å²) in [5.41, 5.74) is 11.0. The molecule has 0 bridgehead atoms. The van der Waals surface area contributed by atoms with E-state index in [1.54, 1.807) is 13.8 Å². The molecule has 1 atom stereocenters. The van der Waals surface area contributed by atoms with Crippen LogP contribution in [0.2, 0.25) is 5.02 Å².